The number of oxime groups is 1. The van der Waals surface area contributed by atoms with Crippen LogP contribution < -0.4 is 5.32 Å². The molecule has 1 amide bonds. The number of rotatable bonds is 5. The van der Waals surface area contributed by atoms with Crippen LogP contribution in [0.25, 0.3) is 0 Å². The number of aryl methyl sites for hydroxylation is 1. The molecule has 1 N–H and O–H groups in total. The van der Waals surface area contributed by atoms with Crippen LogP contribution in [0.4, 0.5) is 5.69 Å². The number of amides is 1. The normalized spacial score (nSPS) is 10.6. The molecule has 0 bridgehead atoms. The fourth-order valence-electron chi connectivity index (χ4n) is 1.64. The fraction of sp³-hybridized carbons (Fsp3) is 0.125. The standard InChI is InChI=1S/C16H15ClN2O2/c1-12-4-2-3-5-15(12)19-16(20)11-21-18-10-13-6-8-14(17)9-7-13/h2-10H,11H2,1H3,(H,19,20)/b18-10+. The van der Waals surface area contributed by atoms with E-state index in [2.05, 4.69) is 10.5 Å². The van der Waals surface area contributed by atoms with Crippen LogP contribution in [-0.4, -0.2) is 18.7 Å². The third kappa shape index (κ3) is 4.93. The topological polar surface area (TPSA) is 50.7 Å². The van der Waals surface area contributed by atoms with Crippen molar-refractivity contribution in [3.8, 4) is 0 Å². The highest BCUT2D eigenvalue weighted by Crippen LogP contribution is 2.12. The van der Waals surface area contributed by atoms with Gasteiger partial charge in [-0.1, -0.05) is 47.1 Å². The maximum Gasteiger partial charge on any atom is 0.265 e. The minimum Gasteiger partial charge on any atom is -0.386 e. The van der Waals surface area contributed by atoms with E-state index in [9.17, 15) is 4.79 Å². The summed E-state index contributed by atoms with van der Waals surface area (Å²) < 4.78 is 0. The number of nitrogens with one attached hydrogen (secondary N) is 1. The Labute approximate surface area is 128 Å². The average molecular weight is 303 g/mol. The second-order valence-corrected chi connectivity index (χ2v) is 4.86. The van der Waals surface area contributed by atoms with Crippen LogP contribution in [0.5, 0.6) is 0 Å². The molecule has 0 aliphatic heterocycles. The summed E-state index contributed by atoms with van der Waals surface area (Å²) in [6.07, 6.45) is 1.53. The summed E-state index contributed by atoms with van der Waals surface area (Å²) in [6, 6.07) is 14.7. The molecule has 5 heteroatoms. The fourth-order valence-corrected chi connectivity index (χ4v) is 1.77. The number of carbonyl (C=O) groups excluding carboxylic acids is 1. The lowest BCUT2D eigenvalue weighted by atomic mass is 10.2. The lowest BCUT2D eigenvalue weighted by Crippen LogP contribution is -2.17. The van der Waals surface area contributed by atoms with Crippen LogP contribution in [0, 0.1) is 6.92 Å². The molecule has 0 aromatic heterocycles. The zero-order valence-corrected chi connectivity index (χ0v) is 12.3. The number of halogens is 1. The molecular formula is C16H15ClN2O2. The van der Waals surface area contributed by atoms with Crippen molar-refractivity contribution in [1.29, 1.82) is 0 Å². The Morgan fingerprint density at radius 1 is 1.24 bits per heavy atom. The van der Waals surface area contributed by atoms with Gasteiger partial charge >= 0.3 is 0 Å². The Kier molecular flexibility index (Phi) is 5.35. The molecule has 0 aliphatic carbocycles. The lowest BCUT2D eigenvalue weighted by molar-refractivity contribution is -0.120. The number of anilines is 1. The Morgan fingerprint density at radius 2 is 1.95 bits per heavy atom. The van der Waals surface area contributed by atoms with E-state index in [0.717, 1.165) is 16.8 Å². The first-order valence-corrected chi connectivity index (χ1v) is 6.79. The molecule has 4 nitrogen and oxygen atoms in total. The van der Waals surface area contributed by atoms with Gasteiger partial charge in [0.2, 0.25) is 0 Å². The Hall–Kier alpha value is -2.33. The first-order chi connectivity index (χ1) is 10.1. The van der Waals surface area contributed by atoms with E-state index in [1.54, 1.807) is 12.1 Å². The summed E-state index contributed by atoms with van der Waals surface area (Å²) in [5, 5.41) is 7.17. The van der Waals surface area contributed by atoms with E-state index in [1.165, 1.54) is 6.21 Å². The molecule has 2 aromatic rings. The monoisotopic (exact) mass is 302 g/mol. The van der Waals surface area contributed by atoms with Gasteiger partial charge in [0.15, 0.2) is 6.61 Å². The predicted octanol–water partition coefficient (Wildman–Crippen LogP) is 3.64. The van der Waals surface area contributed by atoms with E-state index < -0.39 is 0 Å². The van der Waals surface area contributed by atoms with E-state index in [0.29, 0.717) is 5.02 Å². The predicted molar refractivity (Wildman–Crippen MR) is 84.8 cm³/mol. The molecular weight excluding hydrogens is 288 g/mol. The maximum atomic E-state index is 11.7. The molecule has 0 aliphatic rings. The lowest BCUT2D eigenvalue weighted by Gasteiger charge is -2.06. The Morgan fingerprint density at radius 3 is 2.67 bits per heavy atom. The van der Waals surface area contributed by atoms with Crippen molar-refractivity contribution in [3.63, 3.8) is 0 Å². The molecule has 2 rings (SSSR count). The highest BCUT2D eigenvalue weighted by Gasteiger charge is 2.04. The second-order valence-electron chi connectivity index (χ2n) is 4.42. The highest BCUT2D eigenvalue weighted by molar-refractivity contribution is 6.30. The molecule has 0 unspecified atom stereocenters. The van der Waals surface area contributed by atoms with Crippen molar-refractivity contribution in [1.82, 2.24) is 0 Å². The molecule has 0 fully saturated rings. The number of benzene rings is 2. The van der Waals surface area contributed by atoms with E-state index >= 15 is 0 Å². The second kappa shape index (κ2) is 7.45. The van der Waals surface area contributed by atoms with Gasteiger partial charge < -0.3 is 10.2 Å². The van der Waals surface area contributed by atoms with Crippen molar-refractivity contribution in [3.05, 3.63) is 64.7 Å². The Bertz CT molecular complexity index is 639. The van der Waals surface area contributed by atoms with Gasteiger partial charge in [-0.2, -0.15) is 0 Å². The summed E-state index contributed by atoms with van der Waals surface area (Å²) in [5.74, 6) is -0.252. The molecule has 21 heavy (non-hydrogen) atoms. The van der Waals surface area contributed by atoms with Crippen LogP contribution in [0.3, 0.4) is 0 Å². The summed E-state index contributed by atoms with van der Waals surface area (Å²) in [5.41, 5.74) is 2.61. The third-order valence-electron chi connectivity index (χ3n) is 2.76. The van der Waals surface area contributed by atoms with Gasteiger partial charge in [-0.15, -0.1) is 0 Å². The van der Waals surface area contributed by atoms with Crippen LogP contribution >= 0.6 is 11.6 Å². The molecule has 0 heterocycles. The van der Waals surface area contributed by atoms with E-state index in [1.807, 2.05) is 43.3 Å². The van der Waals surface area contributed by atoms with Gasteiger partial charge in [-0.25, -0.2) is 0 Å². The Balaban J connectivity index is 1.79. The van der Waals surface area contributed by atoms with Gasteiger partial charge in [-0.05, 0) is 36.2 Å². The van der Waals surface area contributed by atoms with Crippen molar-refractivity contribution < 1.29 is 9.63 Å². The smallest absolute Gasteiger partial charge is 0.265 e. The van der Waals surface area contributed by atoms with Crippen molar-refractivity contribution >= 4 is 29.4 Å². The van der Waals surface area contributed by atoms with Crippen molar-refractivity contribution in [2.45, 2.75) is 6.92 Å². The first-order valence-electron chi connectivity index (χ1n) is 6.41. The van der Waals surface area contributed by atoms with Gasteiger partial charge in [-0.3, -0.25) is 4.79 Å². The molecule has 0 saturated heterocycles. The van der Waals surface area contributed by atoms with Crippen molar-refractivity contribution in [2.24, 2.45) is 5.16 Å². The van der Waals surface area contributed by atoms with Crippen molar-refractivity contribution in [2.75, 3.05) is 11.9 Å². The molecule has 0 radical (unpaired) electrons. The SMILES string of the molecule is Cc1ccccc1NC(=O)CO/N=C/c1ccc(Cl)cc1. The minimum atomic E-state index is -0.252. The summed E-state index contributed by atoms with van der Waals surface area (Å²) in [6.45, 7) is 1.79. The molecule has 108 valence electrons. The number of hydrogen-bond donors (Lipinski definition) is 1. The van der Waals surface area contributed by atoms with E-state index in [4.69, 9.17) is 16.4 Å². The largest absolute Gasteiger partial charge is 0.386 e. The number of carbonyl (C=O) groups is 1. The summed E-state index contributed by atoms with van der Waals surface area (Å²) in [7, 11) is 0. The van der Waals surface area contributed by atoms with Gasteiger partial charge in [0.1, 0.15) is 0 Å². The zero-order valence-electron chi connectivity index (χ0n) is 11.5. The van der Waals surface area contributed by atoms with Gasteiger partial charge in [0.25, 0.3) is 5.91 Å². The average Bonchev–Trinajstić information content (AvgIpc) is 2.48. The van der Waals surface area contributed by atoms with Crippen LogP contribution in [-0.2, 0) is 9.63 Å². The summed E-state index contributed by atoms with van der Waals surface area (Å²) in [4.78, 5) is 16.7. The van der Waals surface area contributed by atoms with Gasteiger partial charge in [0.05, 0.1) is 6.21 Å². The molecule has 0 saturated carbocycles. The van der Waals surface area contributed by atoms with E-state index in [-0.39, 0.29) is 12.5 Å². The molecule has 0 spiro atoms. The maximum absolute atomic E-state index is 11.7. The highest BCUT2D eigenvalue weighted by atomic mass is 35.5. The molecule has 2 aromatic carbocycles. The van der Waals surface area contributed by atoms with Crippen LogP contribution in [0.15, 0.2) is 53.7 Å². The summed E-state index contributed by atoms with van der Waals surface area (Å²) >= 11 is 5.78. The van der Waals surface area contributed by atoms with Crippen LogP contribution in [0.1, 0.15) is 11.1 Å². The quantitative estimate of drug-likeness (QED) is 0.677. The number of nitrogens with zero attached hydrogens (tertiary/aromatic N) is 1. The number of hydrogen-bond acceptors (Lipinski definition) is 3. The van der Waals surface area contributed by atoms with Gasteiger partial charge in [0, 0.05) is 10.7 Å². The first kappa shape index (κ1) is 15.1. The zero-order chi connectivity index (χ0) is 15.1. The third-order valence-corrected chi connectivity index (χ3v) is 3.01. The molecule has 0 atom stereocenters. The number of para-hydroxylation sites is 1. The van der Waals surface area contributed by atoms with Crippen LogP contribution in [0.2, 0.25) is 5.02 Å². The minimum absolute atomic E-state index is 0.140.